The fourth-order valence-corrected chi connectivity index (χ4v) is 5.73. The van der Waals surface area contributed by atoms with Crippen LogP contribution in [0.25, 0.3) is 6.08 Å². The lowest BCUT2D eigenvalue weighted by Gasteiger charge is -2.15. The maximum Gasteiger partial charge on any atom is 0.293 e. The topological polar surface area (TPSA) is 72.9 Å². The van der Waals surface area contributed by atoms with Crippen LogP contribution in [0.4, 0.5) is 4.79 Å². The Morgan fingerprint density at radius 2 is 1.71 bits per heavy atom. The van der Waals surface area contributed by atoms with Gasteiger partial charge in [0.05, 0.1) is 21.6 Å². The summed E-state index contributed by atoms with van der Waals surface area (Å²) in [6.45, 7) is 2.08. The van der Waals surface area contributed by atoms with Gasteiger partial charge in [-0.15, -0.1) is 0 Å². The van der Waals surface area contributed by atoms with Crippen LogP contribution in [-0.2, 0) is 11.4 Å². The molecular formula is C27H19Cl3INO5S. The molecule has 38 heavy (non-hydrogen) atoms. The van der Waals surface area contributed by atoms with Crippen molar-refractivity contribution < 1.29 is 23.9 Å². The first-order valence-corrected chi connectivity index (χ1v) is 14.3. The number of carbonyl (C=O) groups excluding carboxylic acids is 3. The van der Waals surface area contributed by atoms with Crippen LogP contribution in [0.3, 0.4) is 0 Å². The third-order valence-corrected chi connectivity index (χ3v) is 7.91. The van der Waals surface area contributed by atoms with E-state index in [-0.39, 0.29) is 23.8 Å². The molecule has 4 rings (SSSR count). The Hall–Kier alpha value is -2.24. The molecule has 1 fully saturated rings. The van der Waals surface area contributed by atoms with Crippen LogP contribution in [0.15, 0.2) is 59.5 Å². The van der Waals surface area contributed by atoms with Crippen molar-refractivity contribution in [3.8, 4) is 11.5 Å². The van der Waals surface area contributed by atoms with Crippen molar-refractivity contribution in [1.82, 2.24) is 4.90 Å². The smallest absolute Gasteiger partial charge is 0.293 e. The minimum atomic E-state index is -0.534. The molecule has 1 aliphatic rings. The van der Waals surface area contributed by atoms with E-state index in [9.17, 15) is 14.4 Å². The number of thioether (sulfide) groups is 1. The molecule has 0 N–H and O–H groups in total. The van der Waals surface area contributed by atoms with Crippen LogP contribution < -0.4 is 9.47 Å². The Bertz CT molecular complexity index is 1450. The first kappa shape index (κ1) is 28.8. The Balaban J connectivity index is 1.53. The van der Waals surface area contributed by atoms with E-state index in [4.69, 9.17) is 44.3 Å². The van der Waals surface area contributed by atoms with Gasteiger partial charge in [-0.05, 0) is 101 Å². The molecule has 0 radical (unpaired) electrons. The van der Waals surface area contributed by atoms with Crippen LogP contribution in [0.5, 0.6) is 11.5 Å². The minimum Gasteiger partial charge on any atom is -0.490 e. The average molecular weight is 703 g/mol. The second-order valence-corrected chi connectivity index (χ2v) is 11.4. The third kappa shape index (κ3) is 6.84. The Morgan fingerprint density at radius 3 is 2.39 bits per heavy atom. The molecule has 0 aromatic heterocycles. The highest BCUT2D eigenvalue weighted by Gasteiger charge is 2.36. The zero-order chi connectivity index (χ0) is 27.4. The maximum absolute atomic E-state index is 13.0. The van der Waals surface area contributed by atoms with Crippen molar-refractivity contribution in [1.29, 1.82) is 0 Å². The molecule has 6 nitrogen and oxygen atoms in total. The number of amides is 2. The van der Waals surface area contributed by atoms with E-state index in [1.165, 1.54) is 0 Å². The van der Waals surface area contributed by atoms with E-state index in [2.05, 4.69) is 22.6 Å². The molecule has 0 saturated carbocycles. The number of halogens is 4. The highest BCUT2D eigenvalue weighted by atomic mass is 127. The predicted octanol–water partition coefficient (Wildman–Crippen LogP) is 8.15. The fourth-order valence-electron chi connectivity index (χ4n) is 3.52. The largest absolute Gasteiger partial charge is 0.490 e. The summed E-state index contributed by atoms with van der Waals surface area (Å²) in [6.07, 6.45) is 1.60. The van der Waals surface area contributed by atoms with E-state index < -0.39 is 11.1 Å². The van der Waals surface area contributed by atoms with Crippen molar-refractivity contribution in [2.45, 2.75) is 13.5 Å². The van der Waals surface area contributed by atoms with Gasteiger partial charge in [0.15, 0.2) is 17.3 Å². The first-order chi connectivity index (χ1) is 18.2. The average Bonchev–Trinajstić information content (AvgIpc) is 3.12. The van der Waals surface area contributed by atoms with Gasteiger partial charge in [-0.3, -0.25) is 19.3 Å². The number of imide groups is 1. The molecule has 196 valence electrons. The maximum atomic E-state index is 13.0. The van der Waals surface area contributed by atoms with Gasteiger partial charge in [0, 0.05) is 26.2 Å². The highest BCUT2D eigenvalue weighted by Crippen LogP contribution is 2.38. The monoisotopic (exact) mass is 701 g/mol. The molecular weight excluding hydrogens is 684 g/mol. The van der Waals surface area contributed by atoms with E-state index in [1.807, 2.05) is 13.0 Å². The number of hydrogen-bond acceptors (Lipinski definition) is 6. The number of carbonyl (C=O) groups is 3. The normalized spacial score (nSPS) is 14.3. The number of ether oxygens (including phenoxy) is 2. The molecule has 11 heteroatoms. The number of nitrogens with zero attached hydrogens (tertiary/aromatic N) is 1. The second kappa shape index (κ2) is 12.7. The summed E-state index contributed by atoms with van der Waals surface area (Å²) in [4.78, 5) is 39.3. The molecule has 0 aliphatic carbocycles. The van der Waals surface area contributed by atoms with E-state index in [1.54, 1.807) is 54.6 Å². The molecule has 1 heterocycles. The van der Waals surface area contributed by atoms with Gasteiger partial charge in [0.25, 0.3) is 11.1 Å². The van der Waals surface area contributed by atoms with Crippen molar-refractivity contribution in [3.63, 3.8) is 0 Å². The summed E-state index contributed by atoms with van der Waals surface area (Å²) < 4.78 is 12.6. The lowest BCUT2D eigenvalue weighted by molar-refractivity contribution is -0.122. The standard InChI is InChI=1S/C27H19Cl3INO5S/c1-2-36-23-10-15(9-21(31)25(23)37-14-17-5-8-19(29)12-20(17)30)11-24-26(34)32(27(35)38-24)13-22(33)16-3-6-18(28)7-4-16/h3-12H,2,13-14H2,1H3/b24-11+. The summed E-state index contributed by atoms with van der Waals surface area (Å²) in [6, 6.07) is 15.0. The van der Waals surface area contributed by atoms with Gasteiger partial charge >= 0.3 is 0 Å². The second-order valence-electron chi connectivity index (χ2n) is 7.99. The van der Waals surface area contributed by atoms with Crippen molar-refractivity contribution in [3.05, 3.63) is 94.8 Å². The molecule has 0 bridgehead atoms. The number of Topliss-reactive ketones (excluding diaryl/α,β-unsaturated/α-hetero) is 1. The molecule has 1 aliphatic heterocycles. The number of ketones is 1. The summed E-state index contributed by atoms with van der Waals surface area (Å²) in [5.74, 6) is 0.110. The molecule has 3 aromatic carbocycles. The highest BCUT2D eigenvalue weighted by molar-refractivity contribution is 14.1. The Kier molecular flexibility index (Phi) is 9.64. The molecule has 2 amide bonds. The van der Waals surface area contributed by atoms with Crippen LogP contribution in [-0.4, -0.2) is 35.0 Å². The molecule has 0 unspecified atom stereocenters. The third-order valence-electron chi connectivity index (χ3n) is 5.36. The van der Waals surface area contributed by atoms with Crippen LogP contribution in [0.1, 0.15) is 28.4 Å². The number of hydrogen-bond donors (Lipinski definition) is 0. The lowest BCUT2D eigenvalue weighted by Crippen LogP contribution is -2.33. The predicted molar refractivity (Wildman–Crippen MR) is 160 cm³/mol. The van der Waals surface area contributed by atoms with Gasteiger partial charge in [-0.25, -0.2) is 0 Å². The van der Waals surface area contributed by atoms with Gasteiger partial charge < -0.3 is 9.47 Å². The molecule has 0 spiro atoms. The van der Waals surface area contributed by atoms with E-state index in [0.717, 1.165) is 25.8 Å². The first-order valence-electron chi connectivity index (χ1n) is 11.2. The minimum absolute atomic E-state index is 0.200. The molecule has 3 aromatic rings. The lowest BCUT2D eigenvalue weighted by atomic mass is 10.1. The van der Waals surface area contributed by atoms with Crippen molar-refractivity contribution in [2.24, 2.45) is 0 Å². The summed E-state index contributed by atoms with van der Waals surface area (Å²) in [5, 5.41) is 1.00. The van der Waals surface area contributed by atoms with Crippen LogP contribution in [0, 0.1) is 3.57 Å². The zero-order valence-electron chi connectivity index (χ0n) is 19.8. The number of benzene rings is 3. The zero-order valence-corrected chi connectivity index (χ0v) is 25.0. The van der Waals surface area contributed by atoms with Crippen molar-refractivity contribution >= 4 is 92.2 Å². The summed E-state index contributed by atoms with van der Waals surface area (Å²) >= 11 is 21.0. The quantitative estimate of drug-likeness (QED) is 0.127. The van der Waals surface area contributed by atoms with Gasteiger partial charge in [-0.1, -0.05) is 40.9 Å². The van der Waals surface area contributed by atoms with Gasteiger partial charge in [-0.2, -0.15) is 0 Å². The van der Waals surface area contributed by atoms with Crippen molar-refractivity contribution in [2.75, 3.05) is 13.2 Å². The van der Waals surface area contributed by atoms with Crippen LogP contribution in [0.2, 0.25) is 15.1 Å². The Labute approximate surface area is 252 Å². The summed E-state index contributed by atoms with van der Waals surface area (Å²) in [7, 11) is 0. The van der Waals surface area contributed by atoms with Gasteiger partial charge in [0.2, 0.25) is 0 Å². The number of rotatable bonds is 9. The summed E-state index contributed by atoms with van der Waals surface area (Å²) in [5.41, 5.74) is 1.77. The van der Waals surface area contributed by atoms with Gasteiger partial charge in [0.1, 0.15) is 6.61 Å². The fraction of sp³-hybridized carbons (Fsp3) is 0.148. The van der Waals surface area contributed by atoms with E-state index in [0.29, 0.717) is 44.3 Å². The SMILES string of the molecule is CCOc1cc(/C=C2/SC(=O)N(CC(=O)c3ccc(Cl)cc3)C2=O)cc(I)c1OCc1ccc(Cl)cc1Cl. The molecule has 1 saturated heterocycles. The van der Waals surface area contributed by atoms with Crippen LogP contribution >= 0.6 is 69.2 Å². The van der Waals surface area contributed by atoms with E-state index >= 15 is 0 Å². The Morgan fingerprint density at radius 1 is 1.00 bits per heavy atom. The molecule has 0 atom stereocenters.